The largest absolute Gasteiger partial charge is 0.405 e. The Kier molecular flexibility index (Phi) is 10.1. The van der Waals surface area contributed by atoms with Gasteiger partial charge >= 0.3 is 12.4 Å². The van der Waals surface area contributed by atoms with E-state index in [0.717, 1.165) is 37.3 Å². The molecule has 0 fully saturated rings. The van der Waals surface area contributed by atoms with Crippen molar-refractivity contribution in [2.75, 3.05) is 6.54 Å². The lowest BCUT2D eigenvalue weighted by Gasteiger charge is -2.19. The number of carbonyl (C=O) groups excluding carboxylic acids is 2. The molecular weight excluding hydrogens is 599 g/mol. The fourth-order valence-electron chi connectivity index (χ4n) is 2.91. The number of benzene rings is 2. The van der Waals surface area contributed by atoms with Crippen molar-refractivity contribution in [2.24, 2.45) is 0 Å². The Bertz CT molecular complexity index is 1190. The molecule has 2 N–H and O–H groups in total. The van der Waals surface area contributed by atoms with E-state index in [1.165, 1.54) is 0 Å². The van der Waals surface area contributed by atoms with E-state index in [-0.39, 0.29) is 26.7 Å². The van der Waals surface area contributed by atoms with Gasteiger partial charge < -0.3 is 10.6 Å². The van der Waals surface area contributed by atoms with Crippen LogP contribution in [0.5, 0.6) is 0 Å². The predicted octanol–water partition coefficient (Wildman–Crippen LogP) is 7.75. The molecule has 0 saturated carbocycles. The zero-order valence-corrected chi connectivity index (χ0v) is 21.3. The van der Waals surface area contributed by atoms with Gasteiger partial charge in [-0.2, -0.15) is 26.3 Å². The Morgan fingerprint density at radius 3 is 2.00 bits per heavy atom. The van der Waals surface area contributed by atoms with Gasteiger partial charge in [0.2, 0.25) is 5.91 Å². The third kappa shape index (κ3) is 8.66. The Balaban J connectivity index is 2.27. The highest BCUT2D eigenvalue weighted by Gasteiger charge is 2.40. The number of allylic oxidation sites excluding steroid dienone is 1. The molecule has 202 valence electrons. The van der Waals surface area contributed by atoms with E-state index in [2.05, 4.69) is 5.32 Å². The molecule has 2 aromatic carbocycles. The maximum atomic E-state index is 14.9. The number of amides is 2. The molecule has 2 rings (SSSR count). The summed E-state index contributed by atoms with van der Waals surface area (Å²) in [7, 11) is 0. The van der Waals surface area contributed by atoms with Crippen LogP contribution in [0.15, 0.2) is 36.4 Å². The molecule has 0 radical (unpaired) electrons. The van der Waals surface area contributed by atoms with Crippen molar-refractivity contribution in [1.29, 1.82) is 0 Å². The first-order chi connectivity index (χ1) is 16.9. The van der Waals surface area contributed by atoms with Gasteiger partial charge in [-0.25, -0.2) is 4.39 Å². The van der Waals surface area contributed by atoms with Gasteiger partial charge in [-0.05, 0) is 42.8 Å². The number of carbonyl (C=O) groups is 2. The summed E-state index contributed by atoms with van der Waals surface area (Å²) in [6.07, 6.45) is -9.36. The molecule has 2 atom stereocenters. The average Bonchev–Trinajstić information content (AvgIpc) is 2.77. The van der Waals surface area contributed by atoms with Crippen LogP contribution in [-0.2, 0) is 4.79 Å². The topological polar surface area (TPSA) is 58.2 Å². The van der Waals surface area contributed by atoms with Crippen LogP contribution in [0, 0.1) is 0 Å². The first kappa shape index (κ1) is 31.0. The number of hydrogen-bond donors (Lipinski definition) is 2. The van der Waals surface area contributed by atoms with E-state index in [1.54, 1.807) is 5.32 Å². The van der Waals surface area contributed by atoms with Gasteiger partial charge in [0.25, 0.3) is 5.91 Å². The number of halogens is 11. The molecule has 0 bridgehead atoms. The standard InChI is InChI=1S/C22H15Cl4F7N2O2/c1-9(19(36)34-8-21(28,29)30)35-20(37)12-3-2-10(4-14(12)23)17(27)7-13(22(31,32)33)11-5-15(24)18(26)16(25)6-11/h2-7,9,13H,8H2,1H3,(H,34,36)(H,35,37)/b17-7-. The maximum absolute atomic E-state index is 14.9. The van der Waals surface area contributed by atoms with E-state index >= 15 is 0 Å². The van der Waals surface area contributed by atoms with E-state index in [0.29, 0.717) is 0 Å². The van der Waals surface area contributed by atoms with Crippen molar-refractivity contribution >= 4 is 64.0 Å². The maximum Gasteiger partial charge on any atom is 0.405 e. The summed E-state index contributed by atoms with van der Waals surface area (Å²) < 4.78 is 92.6. The summed E-state index contributed by atoms with van der Waals surface area (Å²) in [5, 5.41) is 2.58. The molecule has 0 aliphatic heterocycles. The number of hydrogen-bond acceptors (Lipinski definition) is 2. The van der Waals surface area contributed by atoms with Gasteiger partial charge in [-0.1, -0.05) is 52.5 Å². The van der Waals surface area contributed by atoms with Crippen LogP contribution in [0.25, 0.3) is 5.83 Å². The van der Waals surface area contributed by atoms with E-state index in [9.17, 15) is 40.3 Å². The molecule has 0 aliphatic rings. The van der Waals surface area contributed by atoms with Crippen LogP contribution in [0.2, 0.25) is 20.1 Å². The Labute approximate surface area is 225 Å². The minimum Gasteiger partial charge on any atom is -0.345 e. The molecular formula is C22H15Cl4F7N2O2. The first-order valence-electron chi connectivity index (χ1n) is 9.94. The smallest absolute Gasteiger partial charge is 0.345 e. The fraction of sp³-hybridized carbons (Fsp3) is 0.273. The average molecular weight is 614 g/mol. The molecule has 2 aromatic rings. The normalized spacial score (nSPS) is 14.2. The van der Waals surface area contributed by atoms with Gasteiger partial charge in [0, 0.05) is 5.56 Å². The zero-order valence-electron chi connectivity index (χ0n) is 18.3. The van der Waals surface area contributed by atoms with E-state index in [1.807, 2.05) is 0 Å². The van der Waals surface area contributed by atoms with Crippen molar-refractivity contribution in [3.05, 3.63) is 73.2 Å². The van der Waals surface area contributed by atoms with Crippen molar-refractivity contribution in [2.45, 2.75) is 31.2 Å². The quantitative estimate of drug-likeness (QED) is 0.248. The van der Waals surface area contributed by atoms with Crippen molar-refractivity contribution in [3.63, 3.8) is 0 Å². The molecule has 0 spiro atoms. The summed E-state index contributed by atoms with van der Waals surface area (Å²) >= 11 is 23.3. The third-order valence-corrected chi connectivity index (χ3v) is 6.23. The molecule has 15 heteroatoms. The van der Waals surface area contributed by atoms with Gasteiger partial charge in [-0.15, -0.1) is 0 Å². The SMILES string of the molecule is CC(NC(=O)c1ccc(/C(F)=C/C(c2cc(Cl)c(Cl)c(Cl)c2)C(F)(F)F)cc1Cl)C(=O)NCC(F)(F)F. The second-order valence-corrected chi connectivity index (χ2v) is 9.15. The summed E-state index contributed by atoms with van der Waals surface area (Å²) in [5.41, 5.74) is -1.21. The van der Waals surface area contributed by atoms with Gasteiger partial charge in [-0.3, -0.25) is 9.59 Å². The Morgan fingerprint density at radius 2 is 1.51 bits per heavy atom. The van der Waals surface area contributed by atoms with Crippen molar-refractivity contribution < 1.29 is 40.3 Å². The lowest BCUT2D eigenvalue weighted by Crippen LogP contribution is -2.47. The lowest BCUT2D eigenvalue weighted by atomic mass is 9.96. The Hall–Kier alpha value is -2.21. The summed E-state index contributed by atoms with van der Waals surface area (Å²) in [5.74, 6) is -5.95. The van der Waals surface area contributed by atoms with Crippen LogP contribution >= 0.6 is 46.4 Å². The highest BCUT2D eigenvalue weighted by atomic mass is 35.5. The van der Waals surface area contributed by atoms with E-state index in [4.69, 9.17) is 46.4 Å². The molecule has 37 heavy (non-hydrogen) atoms. The lowest BCUT2D eigenvalue weighted by molar-refractivity contribution is -0.139. The number of alkyl halides is 6. The highest BCUT2D eigenvalue weighted by Crippen LogP contribution is 2.42. The molecule has 4 nitrogen and oxygen atoms in total. The minimum atomic E-state index is -4.95. The molecule has 2 amide bonds. The molecule has 0 aliphatic carbocycles. The van der Waals surface area contributed by atoms with Gasteiger partial charge in [0.1, 0.15) is 24.3 Å². The summed E-state index contributed by atoms with van der Waals surface area (Å²) in [4.78, 5) is 24.1. The van der Waals surface area contributed by atoms with Crippen LogP contribution in [0.3, 0.4) is 0 Å². The molecule has 0 aromatic heterocycles. The molecule has 2 unspecified atom stereocenters. The number of rotatable bonds is 7. The second-order valence-electron chi connectivity index (χ2n) is 7.56. The van der Waals surface area contributed by atoms with Crippen LogP contribution in [0.1, 0.15) is 34.3 Å². The third-order valence-electron chi connectivity index (χ3n) is 4.72. The van der Waals surface area contributed by atoms with Crippen LogP contribution in [-0.4, -0.2) is 36.8 Å². The predicted molar refractivity (Wildman–Crippen MR) is 127 cm³/mol. The van der Waals surface area contributed by atoms with Crippen LogP contribution < -0.4 is 10.6 Å². The monoisotopic (exact) mass is 612 g/mol. The first-order valence-corrected chi connectivity index (χ1v) is 11.5. The van der Waals surface area contributed by atoms with Crippen molar-refractivity contribution in [3.8, 4) is 0 Å². The fourth-order valence-corrected chi connectivity index (χ4v) is 3.78. The second kappa shape index (κ2) is 12.1. The number of nitrogens with one attached hydrogen (secondary N) is 2. The van der Waals surface area contributed by atoms with Crippen LogP contribution in [0.4, 0.5) is 30.7 Å². The minimum absolute atomic E-state index is 0.176. The summed E-state index contributed by atoms with van der Waals surface area (Å²) in [6.45, 7) is -0.499. The van der Waals surface area contributed by atoms with Gasteiger partial charge in [0.05, 0.1) is 25.7 Å². The highest BCUT2D eigenvalue weighted by molar-refractivity contribution is 6.48. The van der Waals surface area contributed by atoms with E-state index < -0.39 is 64.6 Å². The Morgan fingerprint density at radius 1 is 0.946 bits per heavy atom. The molecule has 0 saturated heterocycles. The zero-order chi connectivity index (χ0) is 28.3. The molecule has 0 heterocycles. The van der Waals surface area contributed by atoms with Crippen molar-refractivity contribution in [1.82, 2.24) is 10.6 Å². The summed E-state index contributed by atoms with van der Waals surface area (Å²) in [6, 6.07) is 3.18. The van der Waals surface area contributed by atoms with Gasteiger partial charge in [0.15, 0.2) is 0 Å².